The molecule has 0 unspecified atom stereocenters. The van der Waals surface area contributed by atoms with Crippen molar-refractivity contribution >= 4 is 28.4 Å². The van der Waals surface area contributed by atoms with Crippen molar-refractivity contribution in [1.82, 2.24) is 10.9 Å². The van der Waals surface area contributed by atoms with E-state index in [1.807, 2.05) is 36.4 Å². The third-order valence-corrected chi connectivity index (χ3v) is 4.47. The maximum Gasteiger partial charge on any atom is 0.279 e. The minimum absolute atomic E-state index is 0.0590. The van der Waals surface area contributed by atoms with Crippen LogP contribution in [0.25, 0.3) is 10.8 Å². The second kappa shape index (κ2) is 9.65. The largest absolute Gasteiger partial charge is 0.481 e. The summed E-state index contributed by atoms with van der Waals surface area (Å²) in [5.41, 5.74) is 4.87. The molecule has 0 aromatic heterocycles. The first-order chi connectivity index (χ1) is 14.4. The number of Topliss-reactive ketones (excluding diaryl/α,β-unsaturated/α-hetero) is 1. The Kier molecular flexibility index (Phi) is 6.75. The molecule has 0 spiro atoms. The normalized spacial score (nSPS) is 11.5. The summed E-state index contributed by atoms with van der Waals surface area (Å²) in [6.07, 6.45) is -1.01. The number of fused-ring (bicyclic) bond motifs is 1. The summed E-state index contributed by atoms with van der Waals surface area (Å²) in [6, 6.07) is 18.4. The van der Waals surface area contributed by atoms with E-state index in [1.54, 1.807) is 13.0 Å². The Hall–Kier alpha value is -3.74. The molecule has 7 heteroatoms. The van der Waals surface area contributed by atoms with Crippen LogP contribution in [-0.2, 0) is 9.59 Å². The molecule has 6 nitrogen and oxygen atoms in total. The maximum atomic E-state index is 12.9. The first kappa shape index (κ1) is 21.0. The second-order valence-electron chi connectivity index (χ2n) is 6.74. The Bertz CT molecular complexity index is 1070. The molecule has 3 rings (SSSR count). The number of rotatable bonds is 7. The summed E-state index contributed by atoms with van der Waals surface area (Å²) in [4.78, 5) is 36.0. The van der Waals surface area contributed by atoms with Gasteiger partial charge in [0.1, 0.15) is 11.6 Å². The molecular weight excluding hydrogens is 387 g/mol. The lowest BCUT2D eigenvalue weighted by Gasteiger charge is -2.15. The molecule has 3 aromatic carbocycles. The molecule has 2 N–H and O–H groups in total. The van der Waals surface area contributed by atoms with E-state index in [2.05, 4.69) is 10.9 Å². The Morgan fingerprint density at radius 3 is 2.33 bits per heavy atom. The minimum Gasteiger partial charge on any atom is -0.481 e. The zero-order valence-electron chi connectivity index (χ0n) is 16.4. The number of ketones is 1. The SMILES string of the molecule is C[C@H](Oc1ccc2ccccc2c1)C(=O)NNC(=O)CCC(=O)c1ccc(F)cc1. The van der Waals surface area contributed by atoms with Crippen LogP contribution < -0.4 is 15.6 Å². The molecule has 0 aliphatic carbocycles. The van der Waals surface area contributed by atoms with Crippen LogP contribution in [-0.4, -0.2) is 23.7 Å². The van der Waals surface area contributed by atoms with Crippen LogP contribution in [0.1, 0.15) is 30.1 Å². The van der Waals surface area contributed by atoms with Crippen LogP contribution in [0.4, 0.5) is 4.39 Å². The van der Waals surface area contributed by atoms with Crippen LogP contribution in [0.2, 0.25) is 0 Å². The monoisotopic (exact) mass is 408 g/mol. The van der Waals surface area contributed by atoms with Gasteiger partial charge in [0.2, 0.25) is 5.91 Å². The molecule has 0 saturated carbocycles. The topological polar surface area (TPSA) is 84.5 Å². The molecule has 3 aromatic rings. The summed E-state index contributed by atoms with van der Waals surface area (Å²) in [5, 5.41) is 2.05. The number of benzene rings is 3. The van der Waals surface area contributed by atoms with E-state index in [-0.39, 0.29) is 18.6 Å². The van der Waals surface area contributed by atoms with Gasteiger partial charge >= 0.3 is 0 Å². The van der Waals surface area contributed by atoms with Gasteiger partial charge in [-0.05, 0) is 54.1 Å². The number of amides is 2. The summed E-state index contributed by atoms with van der Waals surface area (Å²) in [5.74, 6) is -1.23. The molecule has 0 saturated heterocycles. The van der Waals surface area contributed by atoms with Gasteiger partial charge in [-0.1, -0.05) is 30.3 Å². The lowest BCUT2D eigenvalue weighted by Crippen LogP contribution is -2.47. The van der Waals surface area contributed by atoms with Crippen LogP contribution >= 0.6 is 0 Å². The highest BCUT2D eigenvalue weighted by atomic mass is 19.1. The van der Waals surface area contributed by atoms with Gasteiger partial charge in [-0.3, -0.25) is 25.2 Å². The molecule has 1 atom stereocenters. The number of ether oxygens (including phenoxy) is 1. The van der Waals surface area contributed by atoms with Gasteiger partial charge in [-0.25, -0.2) is 4.39 Å². The van der Waals surface area contributed by atoms with E-state index < -0.39 is 23.7 Å². The highest BCUT2D eigenvalue weighted by Crippen LogP contribution is 2.21. The zero-order chi connectivity index (χ0) is 21.5. The third kappa shape index (κ3) is 5.64. The number of hydrogen-bond acceptors (Lipinski definition) is 4. The summed E-state index contributed by atoms with van der Waals surface area (Å²) < 4.78 is 18.5. The van der Waals surface area contributed by atoms with Gasteiger partial charge in [0.05, 0.1) is 0 Å². The average molecular weight is 408 g/mol. The lowest BCUT2D eigenvalue weighted by molar-refractivity contribution is -0.132. The van der Waals surface area contributed by atoms with E-state index in [1.165, 1.54) is 24.3 Å². The van der Waals surface area contributed by atoms with Crippen molar-refractivity contribution in [3.63, 3.8) is 0 Å². The summed E-state index contributed by atoms with van der Waals surface area (Å²) in [7, 11) is 0. The quantitative estimate of drug-likeness (QED) is 0.463. The first-order valence-corrected chi connectivity index (χ1v) is 9.45. The van der Waals surface area contributed by atoms with Crippen molar-refractivity contribution in [2.75, 3.05) is 0 Å². The standard InChI is InChI=1S/C23H21FN2O4/c1-15(30-20-11-8-16-4-2-3-5-18(16)14-20)23(29)26-25-22(28)13-12-21(27)17-6-9-19(24)10-7-17/h2-11,14-15H,12-13H2,1H3,(H,25,28)(H,26,29)/t15-/m0/s1. The number of halogens is 1. The summed E-state index contributed by atoms with van der Waals surface area (Å²) in [6.45, 7) is 1.56. The molecule has 0 fully saturated rings. The molecule has 30 heavy (non-hydrogen) atoms. The second-order valence-corrected chi connectivity index (χ2v) is 6.74. The molecule has 0 aliphatic heterocycles. The predicted molar refractivity (Wildman–Crippen MR) is 110 cm³/mol. The van der Waals surface area contributed by atoms with Gasteiger partial charge in [0.25, 0.3) is 5.91 Å². The predicted octanol–water partition coefficient (Wildman–Crippen LogP) is 3.56. The van der Waals surface area contributed by atoms with E-state index in [9.17, 15) is 18.8 Å². The molecule has 0 radical (unpaired) electrons. The maximum absolute atomic E-state index is 12.9. The Morgan fingerprint density at radius 1 is 0.900 bits per heavy atom. The highest BCUT2D eigenvalue weighted by Gasteiger charge is 2.16. The number of hydrazine groups is 1. The van der Waals surface area contributed by atoms with Gasteiger partial charge in [0.15, 0.2) is 11.9 Å². The average Bonchev–Trinajstić information content (AvgIpc) is 2.76. The van der Waals surface area contributed by atoms with Crippen molar-refractivity contribution in [2.45, 2.75) is 25.9 Å². The molecule has 0 heterocycles. The Balaban J connectivity index is 1.43. The first-order valence-electron chi connectivity index (χ1n) is 9.45. The summed E-state index contributed by atoms with van der Waals surface area (Å²) >= 11 is 0. The minimum atomic E-state index is -0.840. The Morgan fingerprint density at radius 2 is 1.60 bits per heavy atom. The third-order valence-electron chi connectivity index (χ3n) is 4.47. The molecule has 2 amide bonds. The number of carbonyl (C=O) groups excluding carboxylic acids is 3. The smallest absolute Gasteiger partial charge is 0.279 e. The van der Waals surface area contributed by atoms with Gasteiger partial charge < -0.3 is 4.74 Å². The zero-order valence-corrected chi connectivity index (χ0v) is 16.4. The van der Waals surface area contributed by atoms with Crippen LogP contribution in [0.3, 0.4) is 0 Å². The lowest BCUT2D eigenvalue weighted by atomic mass is 10.1. The fraction of sp³-hybridized carbons (Fsp3) is 0.174. The van der Waals surface area contributed by atoms with Crippen LogP contribution in [0.15, 0.2) is 66.7 Å². The van der Waals surface area contributed by atoms with Gasteiger partial charge in [-0.15, -0.1) is 0 Å². The van der Waals surface area contributed by atoms with E-state index in [0.717, 1.165) is 10.8 Å². The van der Waals surface area contributed by atoms with E-state index >= 15 is 0 Å². The van der Waals surface area contributed by atoms with Crippen molar-refractivity contribution in [2.24, 2.45) is 0 Å². The number of carbonyl (C=O) groups is 3. The van der Waals surface area contributed by atoms with Gasteiger partial charge in [-0.2, -0.15) is 0 Å². The molecule has 0 aliphatic rings. The van der Waals surface area contributed by atoms with Gasteiger partial charge in [0, 0.05) is 18.4 Å². The van der Waals surface area contributed by atoms with Crippen molar-refractivity contribution < 1.29 is 23.5 Å². The number of hydrogen-bond donors (Lipinski definition) is 2. The van der Waals surface area contributed by atoms with Crippen molar-refractivity contribution in [3.05, 3.63) is 78.1 Å². The molecule has 154 valence electrons. The van der Waals surface area contributed by atoms with Crippen LogP contribution in [0.5, 0.6) is 5.75 Å². The molecule has 0 bridgehead atoms. The van der Waals surface area contributed by atoms with E-state index in [4.69, 9.17) is 4.74 Å². The highest BCUT2D eigenvalue weighted by molar-refractivity contribution is 5.98. The fourth-order valence-electron chi connectivity index (χ4n) is 2.80. The van der Waals surface area contributed by atoms with Crippen molar-refractivity contribution in [3.8, 4) is 5.75 Å². The Labute approximate surface area is 173 Å². The van der Waals surface area contributed by atoms with E-state index in [0.29, 0.717) is 11.3 Å². The molecular formula is C23H21FN2O4. The van der Waals surface area contributed by atoms with Crippen LogP contribution in [0, 0.1) is 5.82 Å². The fourth-order valence-corrected chi connectivity index (χ4v) is 2.80. The number of nitrogens with one attached hydrogen (secondary N) is 2. The van der Waals surface area contributed by atoms with Crippen molar-refractivity contribution in [1.29, 1.82) is 0 Å².